The maximum atomic E-state index is 2.51. The topological polar surface area (TPSA) is 6.48 Å². The van der Waals surface area contributed by atoms with Gasteiger partial charge in [0.15, 0.2) is 0 Å². The largest absolute Gasteiger partial charge is 0.310 e. The minimum absolute atomic E-state index is 0.554. The van der Waals surface area contributed by atoms with Gasteiger partial charge < -0.3 is 9.80 Å². The van der Waals surface area contributed by atoms with E-state index in [-0.39, 0.29) is 0 Å². The fourth-order valence-corrected chi connectivity index (χ4v) is 15.3. The second-order valence-electron chi connectivity index (χ2n) is 23.4. The first kappa shape index (κ1) is 49.5. The summed E-state index contributed by atoms with van der Waals surface area (Å²) in [4.78, 5) is 5.02. The van der Waals surface area contributed by atoms with E-state index in [0.29, 0.717) is 0 Å². The van der Waals surface area contributed by atoms with Crippen LogP contribution in [0.2, 0.25) is 0 Å². The van der Waals surface area contributed by atoms with Crippen LogP contribution in [0.1, 0.15) is 66.8 Å². The molecular formula is C82H60N2. The Hall–Kier alpha value is -10.3. The minimum Gasteiger partial charge on any atom is -0.310 e. The first-order chi connectivity index (χ1) is 41.3. The van der Waals surface area contributed by atoms with E-state index in [1.807, 2.05) is 0 Å². The van der Waals surface area contributed by atoms with Crippen molar-refractivity contribution in [1.82, 2.24) is 0 Å². The zero-order chi connectivity index (χ0) is 56.3. The van der Waals surface area contributed by atoms with E-state index in [0.717, 1.165) is 34.1 Å². The second-order valence-corrected chi connectivity index (χ2v) is 23.4. The van der Waals surface area contributed by atoms with E-state index in [2.05, 4.69) is 329 Å². The van der Waals surface area contributed by atoms with Gasteiger partial charge in [-0.25, -0.2) is 0 Å². The van der Waals surface area contributed by atoms with Gasteiger partial charge in [-0.05, 0) is 199 Å². The number of nitrogens with zero attached hydrogens (tertiary/aromatic N) is 2. The van der Waals surface area contributed by atoms with Gasteiger partial charge in [-0.3, -0.25) is 0 Å². The first-order valence-corrected chi connectivity index (χ1v) is 29.5. The van der Waals surface area contributed by atoms with Crippen LogP contribution in [0.4, 0.5) is 34.1 Å². The lowest BCUT2D eigenvalue weighted by Gasteiger charge is -2.36. The molecule has 14 aromatic rings. The van der Waals surface area contributed by atoms with Crippen molar-refractivity contribution in [2.24, 2.45) is 0 Å². The Bertz CT molecular complexity index is 4540. The molecule has 0 spiro atoms. The lowest BCUT2D eigenvalue weighted by atomic mass is 9.66. The van der Waals surface area contributed by atoms with Gasteiger partial charge in [0.2, 0.25) is 0 Å². The van der Waals surface area contributed by atoms with Crippen molar-refractivity contribution in [3.63, 3.8) is 0 Å². The summed E-state index contributed by atoms with van der Waals surface area (Å²) in [6.07, 6.45) is 0. The molecule has 0 heterocycles. The molecule has 0 amide bonds. The molecule has 2 nitrogen and oxygen atoms in total. The fraction of sp³-hybridized carbons (Fsp3) is 0.0732. The summed E-state index contributed by atoms with van der Waals surface area (Å²) in [5.41, 5.74) is 26.0. The molecule has 0 radical (unpaired) electrons. The van der Waals surface area contributed by atoms with E-state index in [4.69, 9.17) is 0 Å². The van der Waals surface area contributed by atoms with Crippen LogP contribution in [-0.4, -0.2) is 0 Å². The van der Waals surface area contributed by atoms with Crippen molar-refractivity contribution in [2.45, 2.75) is 38.5 Å². The Morgan fingerprint density at radius 1 is 0.250 bits per heavy atom. The maximum Gasteiger partial charge on any atom is 0.0716 e. The average Bonchev–Trinajstić information content (AvgIpc) is 1.83. The Morgan fingerprint density at radius 2 is 0.560 bits per heavy atom. The summed E-state index contributed by atoms with van der Waals surface area (Å²) in [7, 11) is 0. The molecule has 2 aliphatic carbocycles. The molecule has 0 bridgehead atoms. The van der Waals surface area contributed by atoms with Gasteiger partial charge >= 0.3 is 0 Å². The molecule has 0 atom stereocenters. The molecule has 398 valence electrons. The Morgan fingerprint density at radius 3 is 0.917 bits per heavy atom. The average molecular weight is 1070 g/mol. The number of fused-ring (bicyclic) bond motifs is 6. The molecule has 0 aromatic heterocycles. The van der Waals surface area contributed by atoms with E-state index in [1.165, 1.54) is 121 Å². The monoisotopic (exact) mass is 1070 g/mol. The standard InChI is InChI=1S/C82H60N2/c1-53-21-17-27-61(49-53)83(63-29-19-25-59(51-63)81(71-35-11-5-23-55(71)3)73-37-13-7-31-65(73)66-32-8-14-38-74(66)81)77-47-43-57-42-46-70-78(48-44-58-41-45-69(77)79(57)80(58)70)84(62-28-18-22-54(2)50-62)64-30-20-26-60(52-64)82(72-36-12-6-24-56(72)4)75-39-15-9-33-67(75)68-34-10-16-40-76(68)82/h5-52H,1-4H3. The van der Waals surface area contributed by atoms with Gasteiger partial charge in [0, 0.05) is 33.5 Å². The van der Waals surface area contributed by atoms with E-state index < -0.39 is 10.8 Å². The smallest absolute Gasteiger partial charge is 0.0716 e. The second kappa shape index (κ2) is 19.2. The van der Waals surface area contributed by atoms with Crippen molar-refractivity contribution >= 4 is 66.4 Å². The van der Waals surface area contributed by atoms with Crippen molar-refractivity contribution in [3.05, 3.63) is 358 Å². The molecule has 2 aliphatic rings. The van der Waals surface area contributed by atoms with E-state index >= 15 is 0 Å². The molecule has 0 N–H and O–H groups in total. The number of benzene rings is 14. The van der Waals surface area contributed by atoms with Gasteiger partial charge in [0.1, 0.15) is 0 Å². The van der Waals surface area contributed by atoms with Crippen LogP contribution < -0.4 is 9.80 Å². The molecule has 0 saturated heterocycles. The molecular weight excluding hydrogens is 1010 g/mol. The fourth-order valence-electron chi connectivity index (χ4n) is 15.3. The molecule has 14 aromatic carbocycles. The molecule has 0 saturated carbocycles. The number of hydrogen-bond acceptors (Lipinski definition) is 2. The summed E-state index contributed by atoms with van der Waals surface area (Å²) in [6, 6.07) is 110. The Labute approximate surface area is 492 Å². The highest BCUT2D eigenvalue weighted by Crippen LogP contribution is 2.60. The quantitative estimate of drug-likeness (QED) is 0.126. The van der Waals surface area contributed by atoms with Crippen LogP contribution in [-0.2, 0) is 10.8 Å². The minimum atomic E-state index is -0.554. The van der Waals surface area contributed by atoms with Crippen LogP contribution in [0.25, 0.3) is 54.6 Å². The SMILES string of the molecule is Cc1cccc(N(c2cccc(C3(c4ccccc4C)c4ccccc4-c4ccccc43)c2)c2ccc3ccc4c(N(c5cccc(C)c5)c5cccc(C6(c7ccccc7C)c7ccccc7-c7ccccc76)c5)ccc5ccc2c3c54)c1. The van der Waals surface area contributed by atoms with Crippen molar-refractivity contribution in [3.8, 4) is 22.3 Å². The predicted molar refractivity (Wildman–Crippen MR) is 353 cm³/mol. The van der Waals surface area contributed by atoms with Gasteiger partial charge in [-0.1, -0.05) is 231 Å². The van der Waals surface area contributed by atoms with Gasteiger partial charge in [0.25, 0.3) is 0 Å². The maximum absolute atomic E-state index is 2.51. The third kappa shape index (κ3) is 7.17. The highest BCUT2D eigenvalue weighted by molar-refractivity contribution is 6.28. The normalized spacial score (nSPS) is 13.4. The highest BCUT2D eigenvalue weighted by Gasteiger charge is 2.48. The predicted octanol–water partition coefficient (Wildman–Crippen LogP) is 21.5. The lowest BCUT2D eigenvalue weighted by molar-refractivity contribution is 0.761. The third-order valence-corrected chi connectivity index (χ3v) is 18.7. The molecule has 0 aliphatic heterocycles. The summed E-state index contributed by atoms with van der Waals surface area (Å²) in [5, 5.41) is 7.32. The van der Waals surface area contributed by atoms with Crippen LogP contribution in [0.15, 0.2) is 291 Å². The van der Waals surface area contributed by atoms with Gasteiger partial charge in [-0.15, -0.1) is 0 Å². The third-order valence-electron chi connectivity index (χ3n) is 18.7. The molecule has 84 heavy (non-hydrogen) atoms. The Balaban J connectivity index is 0.914. The Kier molecular flexibility index (Phi) is 11.3. The number of hydrogen-bond donors (Lipinski definition) is 0. The summed E-state index contributed by atoms with van der Waals surface area (Å²) in [5.74, 6) is 0. The number of anilines is 6. The molecule has 16 rings (SSSR count). The van der Waals surface area contributed by atoms with Crippen LogP contribution in [0.5, 0.6) is 0 Å². The van der Waals surface area contributed by atoms with E-state index in [9.17, 15) is 0 Å². The van der Waals surface area contributed by atoms with Crippen LogP contribution in [0, 0.1) is 27.7 Å². The van der Waals surface area contributed by atoms with Crippen molar-refractivity contribution in [2.75, 3.05) is 9.80 Å². The van der Waals surface area contributed by atoms with Crippen LogP contribution in [0.3, 0.4) is 0 Å². The molecule has 0 unspecified atom stereocenters. The van der Waals surface area contributed by atoms with Gasteiger partial charge in [-0.2, -0.15) is 0 Å². The van der Waals surface area contributed by atoms with Crippen molar-refractivity contribution < 1.29 is 0 Å². The molecule has 2 heteroatoms. The number of aryl methyl sites for hydroxylation is 4. The lowest BCUT2D eigenvalue weighted by Crippen LogP contribution is -2.29. The zero-order valence-electron chi connectivity index (χ0n) is 47.6. The highest BCUT2D eigenvalue weighted by atomic mass is 15.2. The number of rotatable bonds is 10. The molecule has 0 fully saturated rings. The van der Waals surface area contributed by atoms with Crippen LogP contribution >= 0.6 is 0 Å². The van der Waals surface area contributed by atoms with Gasteiger partial charge in [0.05, 0.1) is 22.2 Å². The summed E-state index contributed by atoms with van der Waals surface area (Å²) < 4.78 is 0. The summed E-state index contributed by atoms with van der Waals surface area (Å²) in [6.45, 7) is 8.95. The first-order valence-electron chi connectivity index (χ1n) is 29.5. The summed E-state index contributed by atoms with van der Waals surface area (Å²) >= 11 is 0. The zero-order valence-corrected chi connectivity index (χ0v) is 47.6. The van der Waals surface area contributed by atoms with E-state index in [1.54, 1.807) is 0 Å². The van der Waals surface area contributed by atoms with Crippen molar-refractivity contribution in [1.29, 1.82) is 0 Å².